The molecule has 3 rings (SSSR count). The second-order valence-corrected chi connectivity index (χ2v) is 9.27. The fourth-order valence-corrected chi connectivity index (χ4v) is 5.63. The van der Waals surface area contributed by atoms with Gasteiger partial charge in [-0.2, -0.15) is 0 Å². The topological polar surface area (TPSA) is 85.1 Å². The number of fused-ring (bicyclic) bond motifs is 1. The average Bonchev–Trinajstić information content (AvgIpc) is 2.92. The van der Waals surface area contributed by atoms with Crippen molar-refractivity contribution in [2.75, 3.05) is 11.8 Å². The summed E-state index contributed by atoms with van der Waals surface area (Å²) in [5.74, 6) is 0. The number of nitro benzene ring substituents is 1. The Balaban J connectivity index is 1.92. The van der Waals surface area contributed by atoms with Crippen molar-refractivity contribution in [2.24, 2.45) is 0 Å². The molecule has 22 heavy (non-hydrogen) atoms. The molecular formula is C14H16N3O3PS. The molecule has 1 aliphatic carbocycles. The predicted molar refractivity (Wildman–Crippen MR) is 88.6 cm³/mol. The second-order valence-electron chi connectivity index (χ2n) is 5.38. The number of hydrogen-bond donors (Lipinski definition) is 1. The van der Waals surface area contributed by atoms with Gasteiger partial charge >= 0.3 is 0 Å². The molecule has 0 radical (unpaired) electrons. The molecule has 1 aromatic heterocycles. The van der Waals surface area contributed by atoms with Crippen LogP contribution in [0.2, 0.25) is 0 Å². The lowest BCUT2D eigenvalue weighted by Gasteiger charge is -2.13. The highest BCUT2D eigenvalue weighted by Gasteiger charge is 2.28. The summed E-state index contributed by atoms with van der Waals surface area (Å²) in [5, 5.41) is 13.9. The molecule has 2 aromatic rings. The minimum Gasteiger partial charge on any atom is -0.326 e. The zero-order valence-corrected chi connectivity index (χ0v) is 13.8. The van der Waals surface area contributed by atoms with Crippen LogP contribution in [0.4, 0.5) is 11.4 Å². The third-order valence-corrected chi connectivity index (χ3v) is 7.41. The molecule has 0 amide bonds. The van der Waals surface area contributed by atoms with Crippen LogP contribution in [0, 0.1) is 10.1 Å². The number of nitro groups is 1. The Morgan fingerprint density at radius 2 is 2.05 bits per heavy atom. The van der Waals surface area contributed by atoms with Crippen LogP contribution in [0.1, 0.15) is 23.4 Å². The predicted octanol–water partition coefficient (Wildman–Crippen LogP) is 3.58. The molecule has 0 unspecified atom stereocenters. The monoisotopic (exact) mass is 337 g/mol. The van der Waals surface area contributed by atoms with E-state index in [1.807, 2.05) is 0 Å². The van der Waals surface area contributed by atoms with Crippen molar-refractivity contribution >= 4 is 34.8 Å². The zero-order chi connectivity index (χ0) is 15.7. The molecule has 116 valence electrons. The van der Waals surface area contributed by atoms with Crippen LogP contribution in [0.3, 0.4) is 0 Å². The first-order valence-corrected chi connectivity index (χ1v) is 10.0. The molecule has 0 saturated heterocycles. The lowest BCUT2D eigenvalue weighted by Crippen LogP contribution is -2.11. The SMILES string of the molecule is C[P@](=O)(Nc1ccccc1[N+](=O)[O-])c1nc2c(s1)CCCC2. The van der Waals surface area contributed by atoms with Gasteiger partial charge in [-0.25, -0.2) is 4.98 Å². The van der Waals surface area contributed by atoms with E-state index in [4.69, 9.17) is 0 Å². The molecule has 8 heteroatoms. The normalized spacial score (nSPS) is 16.6. The Kier molecular flexibility index (Phi) is 4.02. The summed E-state index contributed by atoms with van der Waals surface area (Å²) in [7, 11) is -2.99. The van der Waals surface area contributed by atoms with Gasteiger partial charge in [0.15, 0.2) is 4.75 Å². The van der Waals surface area contributed by atoms with Crippen molar-refractivity contribution in [3.63, 3.8) is 0 Å². The number of nitrogens with zero attached hydrogens (tertiary/aromatic N) is 2. The Morgan fingerprint density at radius 3 is 2.77 bits per heavy atom. The van der Waals surface area contributed by atoms with E-state index in [1.54, 1.807) is 24.9 Å². The standard InChI is InChI=1S/C14H16N3O3PS/c1-21(20,14-15-11-7-3-5-9-13(11)22-14)16-10-6-2-4-8-12(10)17(18)19/h2,4,6,8H,3,5,7,9H2,1H3,(H,16,20)/t21-/m1/s1. The number of nitrogens with one attached hydrogen (secondary N) is 1. The number of benzene rings is 1. The van der Waals surface area contributed by atoms with Crippen molar-refractivity contribution in [3.05, 3.63) is 45.0 Å². The molecule has 0 saturated carbocycles. The van der Waals surface area contributed by atoms with Crippen LogP contribution in [0.15, 0.2) is 24.3 Å². The summed E-state index contributed by atoms with van der Waals surface area (Å²) in [5.41, 5.74) is 1.23. The first kappa shape index (κ1) is 15.2. The highest BCUT2D eigenvalue weighted by molar-refractivity contribution is 7.77. The van der Waals surface area contributed by atoms with Gasteiger partial charge in [-0.15, -0.1) is 11.3 Å². The van der Waals surface area contributed by atoms with Crippen molar-refractivity contribution in [1.82, 2.24) is 4.98 Å². The highest BCUT2D eigenvalue weighted by Crippen LogP contribution is 2.44. The maximum absolute atomic E-state index is 13.0. The lowest BCUT2D eigenvalue weighted by molar-refractivity contribution is -0.383. The molecule has 6 nitrogen and oxygen atoms in total. The number of aromatic nitrogens is 1. The van der Waals surface area contributed by atoms with E-state index in [0.29, 0.717) is 4.75 Å². The number of anilines is 1. The van der Waals surface area contributed by atoms with Crippen molar-refractivity contribution in [3.8, 4) is 0 Å². The average molecular weight is 337 g/mol. The van der Waals surface area contributed by atoms with Crippen LogP contribution < -0.4 is 9.84 Å². The summed E-state index contributed by atoms with van der Waals surface area (Å²) < 4.78 is 13.5. The summed E-state index contributed by atoms with van der Waals surface area (Å²) in [4.78, 5) is 16.3. The second kappa shape index (κ2) is 5.82. The summed E-state index contributed by atoms with van der Waals surface area (Å²) in [6.07, 6.45) is 4.16. The summed E-state index contributed by atoms with van der Waals surface area (Å²) in [6.45, 7) is 1.58. The summed E-state index contributed by atoms with van der Waals surface area (Å²) >= 11 is 1.47. The lowest BCUT2D eigenvalue weighted by atomic mass is 10.0. The molecule has 1 heterocycles. The largest absolute Gasteiger partial charge is 0.326 e. The van der Waals surface area contributed by atoms with Crippen molar-refractivity contribution < 1.29 is 9.49 Å². The van der Waals surface area contributed by atoms with Crippen LogP contribution in [0.25, 0.3) is 0 Å². The number of aryl methyl sites for hydroxylation is 2. The quantitative estimate of drug-likeness (QED) is 0.524. The molecule has 1 N–H and O–H groups in total. The third kappa shape index (κ3) is 2.91. The maximum Gasteiger partial charge on any atom is 0.292 e. The summed E-state index contributed by atoms with van der Waals surface area (Å²) in [6, 6.07) is 6.24. The number of para-hydroxylation sites is 2. The first-order valence-electron chi connectivity index (χ1n) is 7.06. The molecule has 1 aromatic carbocycles. The van der Waals surface area contributed by atoms with E-state index in [1.165, 1.54) is 22.3 Å². The van der Waals surface area contributed by atoms with E-state index in [0.717, 1.165) is 31.4 Å². The van der Waals surface area contributed by atoms with Gasteiger partial charge in [-0.1, -0.05) is 12.1 Å². The fourth-order valence-electron chi connectivity index (χ4n) is 2.53. The molecule has 1 atom stereocenters. The van der Waals surface area contributed by atoms with E-state index in [2.05, 4.69) is 10.1 Å². The number of hydrogen-bond acceptors (Lipinski definition) is 5. The molecule has 0 aliphatic heterocycles. The van der Waals surface area contributed by atoms with Gasteiger partial charge in [0.05, 0.1) is 10.6 Å². The number of rotatable bonds is 4. The molecular weight excluding hydrogens is 321 g/mol. The first-order chi connectivity index (χ1) is 10.5. The molecule has 0 bridgehead atoms. The van der Waals surface area contributed by atoms with Gasteiger partial charge in [-0.05, 0) is 31.7 Å². The minimum atomic E-state index is -2.99. The Labute approximate surface area is 132 Å². The van der Waals surface area contributed by atoms with E-state index in [-0.39, 0.29) is 11.4 Å². The van der Waals surface area contributed by atoms with Crippen LogP contribution in [-0.4, -0.2) is 16.6 Å². The van der Waals surface area contributed by atoms with E-state index >= 15 is 0 Å². The van der Waals surface area contributed by atoms with Gasteiger partial charge < -0.3 is 5.09 Å². The zero-order valence-electron chi connectivity index (χ0n) is 12.1. The van der Waals surface area contributed by atoms with Gasteiger partial charge in [0.2, 0.25) is 7.29 Å². The van der Waals surface area contributed by atoms with Gasteiger partial charge in [-0.3, -0.25) is 14.7 Å². The Morgan fingerprint density at radius 1 is 1.32 bits per heavy atom. The van der Waals surface area contributed by atoms with Gasteiger partial charge in [0.1, 0.15) is 5.69 Å². The van der Waals surface area contributed by atoms with Gasteiger partial charge in [0, 0.05) is 17.6 Å². The van der Waals surface area contributed by atoms with E-state index in [9.17, 15) is 14.7 Å². The smallest absolute Gasteiger partial charge is 0.292 e. The third-order valence-electron chi connectivity index (χ3n) is 3.63. The molecule has 0 spiro atoms. The number of thiazole rings is 1. The molecule has 0 fully saturated rings. The van der Waals surface area contributed by atoms with Crippen molar-refractivity contribution in [2.45, 2.75) is 25.7 Å². The minimum absolute atomic E-state index is 0.0779. The fraction of sp³-hybridized carbons (Fsp3) is 0.357. The molecule has 1 aliphatic rings. The highest BCUT2D eigenvalue weighted by atomic mass is 32.1. The van der Waals surface area contributed by atoms with Crippen LogP contribution in [0.5, 0.6) is 0 Å². The van der Waals surface area contributed by atoms with Gasteiger partial charge in [0.25, 0.3) is 5.69 Å². The van der Waals surface area contributed by atoms with Crippen molar-refractivity contribution in [1.29, 1.82) is 0 Å². The van der Waals surface area contributed by atoms with Crippen LogP contribution in [-0.2, 0) is 17.4 Å². The maximum atomic E-state index is 13.0. The Hall–Kier alpha value is -1.72. The van der Waals surface area contributed by atoms with E-state index < -0.39 is 12.2 Å². The Bertz CT molecular complexity index is 751. The van der Waals surface area contributed by atoms with Crippen LogP contribution >= 0.6 is 18.6 Å².